The van der Waals surface area contributed by atoms with Gasteiger partial charge in [-0.05, 0) is 30.6 Å². The molecule has 3 heteroatoms. The van der Waals surface area contributed by atoms with E-state index in [0.717, 1.165) is 12.3 Å². The largest absolute Gasteiger partial charge is 0.440 e. The highest BCUT2D eigenvalue weighted by molar-refractivity contribution is 5.70. The fourth-order valence-corrected chi connectivity index (χ4v) is 4.28. The van der Waals surface area contributed by atoms with Crippen LogP contribution >= 0.6 is 0 Å². The molecule has 15 heavy (non-hydrogen) atoms. The zero-order chi connectivity index (χ0) is 10.9. The lowest BCUT2D eigenvalue weighted by molar-refractivity contribution is -0.0639. The Morgan fingerprint density at radius 2 is 2.13 bits per heavy atom. The first kappa shape index (κ1) is 9.49. The normalized spacial score (nSPS) is 50.9. The molecule has 2 bridgehead atoms. The topological polar surface area (TPSA) is 38.3 Å². The molecule has 3 aliphatic rings. The maximum Gasteiger partial charge on any atom is 0.407 e. The van der Waals surface area contributed by atoms with Gasteiger partial charge in [0.2, 0.25) is 0 Å². The lowest BCUT2D eigenvalue weighted by atomic mass is 9.64. The molecule has 1 amide bonds. The molecular formula is C12H19NO2. The summed E-state index contributed by atoms with van der Waals surface area (Å²) in [5.74, 6) is 0.718. The molecule has 0 aromatic rings. The van der Waals surface area contributed by atoms with Crippen molar-refractivity contribution in [2.45, 2.75) is 45.6 Å². The van der Waals surface area contributed by atoms with Gasteiger partial charge in [0.25, 0.3) is 0 Å². The number of nitrogens with one attached hydrogen (secondary N) is 1. The van der Waals surface area contributed by atoms with E-state index in [9.17, 15) is 4.79 Å². The minimum absolute atomic E-state index is 0.157. The number of amides is 1. The van der Waals surface area contributed by atoms with Crippen LogP contribution in [0.2, 0.25) is 0 Å². The summed E-state index contributed by atoms with van der Waals surface area (Å²) in [5, 5.41) is 2.84. The highest BCUT2D eigenvalue weighted by Gasteiger charge is 2.71. The monoisotopic (exact) mass is 209 g/mol. The van der Waals surface area contributed by atoms with Gasteiger partial charge in [0.05, 0.1) is 6.54 Å². The van der Waals surface area contributed by atoms with E-state index < -0.39 is 0 Å². The minimum Gasteiger partial charge on any atom is -0.440 e. The van der Waals surface area contributed by atoms with E-state index in [2.05, 4.69) is 26.1 Å². The van der Waals surface area contributed by atoms with E-state index in [1.165, 1.54) is 12.8 Å². The van der Waals surface area contributed by atoms with Crippen molar-refractivity contribution >= 4 is 6.09 Å². The van der Waals surface area contributed by atoms with Crippen LogP contribution in [0.3, 0.4) is 0 Å². The Kier molecular flexibility index (Phi) is 1.48. The predicted molar refractivity (Wildman–Crippen MR) is 56.4 cm³/mol. The van der Waals surface area contributed by atoms with Gasteiger partial charge in [0.1, 0.15) is 5.60 Å². The van der Waals surface area contributed by atoms with Gasteiger partial charge in [-0.3, -0.25) is 0 Å². The molecule has 1 aliphatic heterocycles. The zero-order valence-electron chi connectivity index (χ0n) is 9.72. The number of rotatable bonds is 0. The Morgan fingerprint density at radius 3 is 2.53 bits per heavy atom. The number of fused-ring (bicyclic) bond motifs is 3. The summed E-state index contributed by atoms with van der Waals surface area (Å²) in [5.41, 5.74) is 0.250. The van der Waals surface area contributed by atoms with E-state index in [1.807, 2.05) is 0 Å². The van der Waals surface area contributed by atoms with Crippen LogP contribution in [0.5, 0.6) is 0 Å². The molecule has 3 nitrogen and oxygen atoms in total. The van der Waals surface area contributed by atoms with Crippen molar-refractivity contribution < 1.29 is 9.53 Å². The molecule has 0 aromatic carbocycles. The summed E-state index contributed by atoms with van der Waals surface area (Å²) in [4.78, 5) is 11.3. The Labute approximate surface area is 90.6 Å². The summed E-state index contributed by atoms with van der Waals surface area (Å²) in [6.07, 6.45) is 3.32. The van der Waals surface area contributed by atoms with Crippen LogP contribution < -0.4 is 5.32 Å². The van der Waals surface area contributed by atoms with Gasteiger partial charge in [-0.25, -0.2) is 4.79 Å². The van der Waals surface area contributed by atoms with Crippen LogP contribution in [0.1, 0.15) is 40.0 Å². The Balaban J connectivity index is 2.06. The predicted octanol–water partition coefficient (Wildman–Crippen LogP) is 2.31. The third-order valence-corrected chi connectivity index (χ3v) is 5.82. The fraction of sp³-hybridized carbons (Fsp3) is 0.917. The number of hydrogen-bond donors (Lipinski definition) is 1. The van der Waals surface area contributed by atoms with Crippen molar-refractivity contribution in [2.24, 2.45) is 16.7 Å². The molecule has 3 rings (SSSR count). The zero-order valence-corrected chi connectivity index (χ0v) is 9.72. The molecule has 0 radical (unpaired) electrons. The van der Waals surface area contributed by atoms with Crippen LogP contribution in [0.15, 0.2) is 0 Å². The van der Waals surface area contributed by atoms with Crippen LogP contribution in [0, 0.1) is 16.7 Å². The second-order valence-electron chi connectivity index (χ2n) is 6.23. The summed E-state index contributed by atoms with van der Waals surface area (Å²) in [7, 11) is 0. The van der Waals surface area contributed by atoms with Crippen molar-refractivity contribution in [1.29, 1.82) is 0 Å². The highest BCUT2D eigenvalue weighted by atomic mass is 16.6. The summed E-state index contributed by atoms with van der Waals surface area (Å²) >= 11 is 0. The molecule has 1 saturated heterocycles. The number of ether oxygens (including phenoxy) is 1. The van der Waals surface area contributed by atoms with Crippen molar-refractivity contribution in [2.75, 3.05) is 6.54 Å². The SMILES string of the molecule is CC1(C)[C@@H]2CC[C@@]1(C)[C@@]1(CNC(=O)O1)C2. The van der Waals surface area contributed by atoms with Gasteiger partial charge in [0.15, 0.2) is 0 Å². The van der Waals surface area contributed by atoms with E-state index in [4.69, 9.17) is 4.74 Å². The van der Waals surface area contributed by atoms with Gasteiger partial charge in [-0.2, -0.15) is 0 Å². The molecule has 0 aromatic heterocycles. The lowest BCUT2D eigenvalue weighted by Crippen LogP contribution is -2.49. The minimum atomic E-state index is -0.223. The molecular weight excluding hydrogens is 190 g/mol. The highest BCUT2D eigenvalue weighted by Crippen LogP contribution is 2.71. The van der Waals surface area contributed by atoms with Crippen LogP contribution in [-0.2, 0) is 4.74 Å². The van der Waals surface area contributed by atoms with Crippen molar-refractivity contribution in [3.05, 3.63) is 0 Å². The second-order valence-corrected chi connectivity index (χ2v) is 6.23. The van der Waals surface area contributed by atoms with Gasteiger partial charge in [-0.15, -0.1) is 0 Å². The van der Waals surface area contributed by atoms with Gasteiger partial charge in [0, 0.05) is 5.41 Å². The molecule has 0 unspecified atom stereocenters. The maximum absolute atomic E-state index is 11.3. The molecule has 1 N–H and O–H groups in total. The number of carbonyl (C=O) groups is 1. The first-order valence-electron chi connectivity index (χ1n) is 5.88. The number of carbonyl (C=O) groups excluding carboxylic acids is 1. The van der Waals surface area contributed by atoms with Crippen LogP contribution in [0.4, 0.5) is 4.79 Å². The van der Waals surface area contributed by atoms with Crippen LogP contribution in [0.25, 0.3) is 0 Å². The summed E-state index contributed by atoms with van der Waals surface area (Å²) < 4.78 is 5.63. The standard InChI is InChI=1S/C12H19NO2/c1-10(2)8-4-5-11(10,3)12(6-8)7-13-9(14)15-12/h8H,4-7H2,1-3H3,(H,13,14)/t8-,11-,12+/m1/s1. The van der Waals surface area contributed by atoms with Gasteiger partial charge < -0.3 is 10.1 Å². The van der Waals surface area contributed by atoms with E-state index in [1.54, 1.807) is 0 Å². The van der Waals surface area contributed by atoms with Gasteiger partial charge in [-0.1, -0.05) is 20.8 Å². The third kappa shape index (κ3) is 0.822. The molecule has 2 saturated carbocycles. The smallest absolute Gasteiger partial charge is 0.407 e. The lowest BCUT2D eigenvalue weighted by Gasteiger charge is -2.44. The van der Waals surface area contributed by atoms with Crippen molar-refractivity contribution in [3.8, 4) is 0 Å². The Bertz CT molecular complexity index is 339. The third-order valence-electron chi connectivity index (χ3n) is 5.82. The first-order chi connectivity index (χ1) is 6.91. The number of hydrogen-bond acceptors (Lipinski definition) is 2. The van der Waals surface area contributed by atoms with Crippen molar-refractivity contribution in [3.63, 3.8) is 0 Å². The molecule has 1 heterocycles. The fourth-order valence-electron chi connectivity index (χ4n) is 4.28. The maximum atomic E-state index is 11.3. The molecule has 1 spiro atoms. The van der Waals surface area contributed by atoms with E-state index in [-0.39, 0.29) is 17.1 Å². The first-order valence-corrected chi connectivity index (χ1v) is 5.88. The Hall–Kier alpha value is -0.730. The molecule has 2 aliphatic carbocycles. The van der Waals surface area contributed by atoms with Crippen LogP contribution in [-0.4, -0.2) is 18.2 Å². The quantitative estimate of drug-likeness (QED) is 0.665. The van der Waals surface area contributed by atoms with Gasteiger partial charge >= 0.3 is 6.09 Å². The average Bonchev–Trinajstić information content (AvgIpc) is 2.66. The average molecular weight is 209 g/mol. The molecule has 3 fully saturated rings. The van der Waals surface area contributed by atoms with Crippen molar-refractivity contribution in [1.82, 2.24) is 5.32 Å². The summed E-state index contributed by atoms with van der Waals surface area (Å²) in [6, 6.07) is 0. The Morgan fingerprint density at radius 1 is 1.40 bits per heavy atom. The van der Waals surface area contributed by atoms with E-state index >= 15 is 0 Å². The number of alkyl carbamates (subject to hydrolysis) is 1. The molecule has 84 valence electrons. The van der Waals surface area contributed by atoms with E-state index in [0.29, 0.717) is 12.0 Å². The second kappa shape index (κ2) is 2.33. The summed E-state index contributed by atoms with van der Waals surface area (Å²) in [6.45, 7) is 7.69. The molecule has 3 atom stereocenters.